The molecule has 0 saturated heterocycles. The summed E-state index contributed by atoms with van der Waals surface area (Å²) in [6, 6.07) is 5.40. The molecule has 4 aromatic rings. The van der Waals surface area contributed by atoms with Crippen LogP contribution in [0.15, 0.2) is 34.5 Å². The second-order valence-electron chi connectivity index (χ2n) is 5.20. The van der Waals surface area contributed by atoms with Gasteiger partial charge in [0.25, 0.3) is 0 Å². The number of rotatable bonds is 4. The Labute approximate surface area is 154 Å². The van der Waals surface area contributed by atoms with E-state index >= 15 is 0 Å². The van der Waals surface area contributed by atoms with E-state index < -0.39 is 11.6 Å². The van der Waals surface area contributed by atoms with E-state index in [4.69, 9.17) is 0 Å². The smallest absolute Gasteiger partial charge is 0.242 e. The Hall–Kier alpha value is -2.49. The molecule has 4 heterocycles. The molecule has 126 valence electrons. The summed E-state index contributed by atoms with van der Waals surface area (Å²) in [4.78, 5) is 14.5. The molecule has 0 aromatic carbocycles. The molecule has 0 aliphatic heterocycles. The van der Waals surface area contributed by atoms with Crippen molar-refractivity contribution in [1.82, 2.24) is 14.8 Å². The molecule has 0 saturated carbocycles. The van der Waals surface area contributed by atoms with Crippen LogP contribution >= 0.6 is 34.0 Å². The first kappa shape index (κ1) is 16.0. The van der Waals surface area contributed by atoms with Crippen molar-refractivity contribution in [3.05, 3.63) is 49.8 Å². The highest BCUT2D eigenvalue weighted by molar-refractivity contribution is 7.14. The highest BCUT2D eigenvalue weighted by Gasteiger charge is 2.31. The minimum atomic E-state index is -0.451. The average molecular weight is 389 g/mol. The third-order valence-electron chi connectivity index (χ3n) is 3.65. The molecule has 0 aliphatic rings. The van der Waals surface area contributed by atoms with E-state index in [-0.39, 0.29) is 11.3 Å². The van der Waals surface area contributed by atoms with Crippen LogP contribution in [0.1, 0.15) is 20.1 Å². The Balaban J connectivity index is 2.01. The van der Waals surface area contributed by atoms with Gasteiger partial charge in [-0.1, -0.05) is 11.3 Å². The van der Waals surface area contributed by atoms with Crippen molar-refractivity contribution in [2.75, 3.05) is 0 Å². The van der Waals surface area contributed by atoms with Gasteiger partial charge in [-0.05, 0) is 30.5 Å². The molecular weight excluding hydrogens is 378 g/mol. The Bertz CT molecular complexity index is 1050. The van der Waals surface area contributed by atoms with Gasteiger partial charge in [0.1, 0.15) is 5.51 Å². The van der Waals surface area contributed by atoms with Gasteiger partial charge in [0.05, 0.1) is 16.1 Å². The maximum absolute atomic E-state index is 13.0. The predicted octanol–water partition coefficient (Wildman–Crippen LogP) is 4.07. The number of hydrogen-bond donors (Lipinski definition) is 2. The molecule has 0 atom stereocenters. The summed E-state index contributed by atoms with van der Waals surface area (Å²) in [5, 5.41) is 32.8. The number of ketones is 1. The van der Waals surface area contributed by atoms with E-state index in [2.05, 4.69) is 10.2 Å². The van der Waals surface area contributed by atoms with Gasteiger partial charge in [0.15, 0.2) is 5.75 Å². The molecule has 0 unspecified atom stereocenters. The Morgan fingerprint density at radius 2 is 2.08 bits per heavy atom. The second-order valence-corrected chi connectivity index (χ2v) is 8.08. The van der Waals surface area contributed by atoms with Gasteiger partial charge in [0.2, 0.25) is 16.8 Å². The summed E-state index contributed by atoms with van der Waals surface area (Å²) in [7, 11) is 0. The summed E-state index contributed by atoms with van der Waals surface area (Å²) >= 11 is 4.00. The van der Waals surface area contributed by atoms with E-state index in [9.17, 15) is 15.0 Å². The first-order valence-electron chi connectivity index (χ1n) is 7.14. The minimum Gasteiger partial charge on any atom is -0.503 e. The van der Waals surface area contributed by atoms with Gasteiger partial charge in [-0.25, -0.2) is 0 Å². The molecule has 0 spiro atoms. The van der Waals surface area contributed by atoms with Gasteiger partial charge in [-0.2, -0.15) is 11.3 Å². The van der Waals surface area contributed by atoms with E-state index in [0.717, 1.165) is 4.88 Å². The number of aryl methyl sites for hydroxylation is 1. The van der Waals surface area contributed by atoms with Gasteiger partial charge < -0.3 is 10.2 Å². The zero-order valence-electron chi connectivity index (χ0n) is 12.8. The third-order valence-corrected chi connectivity index (χ3v) is 6.00. The fraction of sp³-hybridized carbons (Fsp3) is 0.0625. The highest BCUT2D eigenvalue weighted by Crippen LogP contribution is 2.45. The summed E-state index contributed by atoms with van der Waals surface area (Å²) in [6.07, 6.45) is 0. The number of aromatic nitrogens is 3. The van der Waals surface area contributed by atoms with Crippen molar-refractivity contribution in [2.24, 2.45) is 0 Å². The van der Waals surface area contributed by atoms with Crippen LogP contribution in [0.25, 0.3) is 16.4 Å². The van der Waals surface area contributed by atoms with Crippen LogP contribution in [0.2, 0.25) is 0 Å². The monoisotopic (exact) mass is 389 g/mol. The lowest BCUT2D eigenvalue weighted by Crippen LogP contribution is -2.03. The molecule has 0 fully saturated rings. The molecule has 0 aliphatic carbocycles. The molecular formula is C16H11N3O3S3. The van der Waals surface area contributed by atoms with Crippen molar-refractivity contribution in [1.29, 1.82) is 0 Å². The van der Waals surface area contributed by atoms with Crippen molar-refractivity contribution in [3.8, 4) is 28.0 Å². The van der Waals surface area contributed by atoms with Crippen molar-refractivity contribution >= 4 is 39.8 Å². The number of nitrogens with zero attached hydrogens (tertiary/aromatic N) is 3. The highest BCUT2D eigenvalue weighted by atomic mass is 32.1. The van der Waals surface area contributed by atoms with E-state index in [1.807, 2.05) is 29.8 Å². The number of thiophene rings is 2. The molecule has 0 amide bonds. The topological polar surface area (TPSA) is 88.2 Å². The lowest BCUT2D eigenvalue weighted by Gasteiger charge is -2.06. The fourth-order valence-electron chi connectivity index (χ4n) is 2.57. The van der Waals surface area contributed by atoms with Crippen LogP contribution in [-0.4, -0.2) is 30.8 Å². The van der Waals surface area contributed by atoms with Gasteiger partial charge in [-0.3, -0.25) is 9.36 Å². The Morgan fingerprint density at radius 3 is 2.68 bits per heavy atom. The Kier molecular flexibility index (Phi) is 3.91. The normalized spacial score (nSPS) is 11.1. The molecule has 9 heteroatoms. The van der Waals surface area contributed by atoms with E-state index in [1.165, 1.54) is 44.1 Å². The molecule has 4 aromatic heterocycles. The first-order valence-corrected chi connectivity index (χ1v) is 9.78. The van der Waals surface area contributed by atoms with Crippen molar-refractivity contribution in [2.45, 2.75) is 6.92 Å². The van der Waals surface area contributed by atoms with Crippen LogP contribution in [-0.2, 0) is 0 Å². The number of carbonyl (C=O) groups excluding carboxylic acids is 1. The zero-order chi connectivity index (χ0) is 17.6. The summed E-state index contributed by atoms with van der Waals surface area (Å²) < 4.78 is 1.36. The minimum absolute atomic E-state index is 0.0629. The van der Waals surface area contributed by atoms with E-state index in [0.29, 0.717) is 21.3 Å². The van der Waals surface area contributed by atoms with E-state index in [1.54, 1.807) is 6.07 Å². The largest absolute Gasteiger partial charge is 0.503 e. The lowest BCUT2D eigenvalue weighted by molar-refractivity contribution is 0.104. The quantitative estimate of drug-likeness (QED) is 0.514. The second kappa shape index (κ2) is 6.10. The molecule has 25 heavy (non-hydrogen) atoms. The summed E-state index contributed by atoms with van der Waals surface area (Å²) in [6.45, 7) is 1.91. The zero-order valence-corrected chi connectivity index (χ0v) is 15.3. The maximum atomic E-state index is 13.0. The number of hydrogen-bond acceptors (Lipinski definition) is 8. The van der Waals surface area contributed by atoms with Gasteiger partial charge >= 0.3 is 0 Å². The lowest BCUT2D eigenvalue weighted by atomic mass is 10.1. The summed E-state index contributed by atoms with van der Waals surface area (Å²) in [5.74, 6) is -1.21. The van der Waals surface area contributed by atoms with Gasteiger partial charge in [-0.15, -0.1) is 21.5 Å². The molecule has 0 radical (unpaired) electrons. The third kappa shape index (κ3) is 2.56. The predicted molar refractivity (Wildman–Crippen MR) is 98.4 cm³/mol. The molecule has 4 rings (SSSR count). The van der Waals surface area contributed by atoms with Crippen LogP contribution in [0.5, 0.6) is 11.6 Å². The number of carbonyl (C=O) groups is 1. The average Bonchev–Trinajstić information content (AvgIpc) is 3.36. The SMILES string of the molecule is Cc1ccc(C(=O)c2c(O)c(O)n(-c3nncs3)c2-c2ccsc2)s1. The fourth-order valence-corrected chi connectivity index (χ4v) is 4.59. The first-order chi connectivity index (χ1) is 12.1. The molecule has 0 bridgehead atoms. The van der Waals surface area contributed by atoms with Crippen LogP contribution in [0, 0.1) is 6.92 Å². The van der Waals surface area contributed by atoms with Crippen LogP contribution in [0.3, 0.4) is 0 Å². The molecule has 2 N–H and O–H groups in total. The van der Waals surface area contributed by atoms with Crippen molar-refractivity contribution < 1.29 is 15.0 Å². The molecule has 6 nitrogen and oxygen atoms in total. The maximum Gasteiger partial charge on any atom is 0.242 e. The van der Waals surface area contributed by atoms with Crippen molar-refractivity contribution in [3.63, 3.8) is 0 Å². The van der Waals surface area contributed by atoms with Gasteiger partial charge in [0, 0.05) is 15.8 Å². The van der Waals surface area contributed by atoms with Crippen LogP contribution < -0.4 is 0 Å². The standard InChI is InChI=1S/C16H11N3O3S3/c1-8-2-3-10(25-8)13(20)11-12(9-4-5-23-6-9)19(15(22)14(11)21)16-18-17-7-24-16/h2-7,21-22H,1H3. The summed E-state index contributed by atoms with van der Waals surface area (Å²) in [5.41, 5.74) is 2.71. The Morgan fingerprint density at radius 1 is 1.24 bits per heavy atom. The number of aromatic hydroxyl groups is 2. The van der Waals surface area contributed by atoms with Crippen LogP contribution in [0.4, 0.5) is 0 Å².